The second-order valence-corrected chi connectivity index (χ2v) is 9.88. The zero-order valence-corrected chi connectivity index (χ0v) is 18.9. The van der Waals surface area contributed by atoms with Gasteiger partial charge in [0.15, 0.2) is 0 Å². The molecule has 1 aliphatic rings. The van der Waals surface area contributed by atoms with Gasteiger partial charge in [-0.1, -0.05) is 17.7 Å². The molecule has 0 atom stereocenters. The maximum atomic E-state index is 5.97. The number of aromatic nitrogens is 4. The van der Waals surface area contributed by atoms with Crippen LogP contribution in [-0.4, -0.2) is 38.2 Å². The first-order valence-corrected chi connectivity index (χ1v) is 11.8. The van der Waals surface area contributed by atoms with E-state index in [4.69, 9.17) is 14.4 Å². The van der Waals surface area contributed by atoms with E-state index in [0.717, 1.165) is 51.8 Å². The lowest BCUT2D eigenvalue weighted by molar-refractivity contribution is 0.322. The maximum absolute atomic E-state index is 5.97. The number of hydrogen-bond acceptors (Lipinski definition) is 8. The molecule has 0 bridgehead atoms. The molecule has 154 valence electrons. The van der Waals surface area contributed by atoms with Crippen LogP contribution in [0, 0.1) is 20.8 Å². The Morgan fingerprint density at radius 2 is 1.93 bits per heavy atom. The molecule has 0 aliphatic carbocycles. The summed E-state index contributed by atoms with van der Waals surface area (Å²) < 4.78 is 5.97. The van der Waals surface area contributed by atoms with Crippen molar-refractivity contribution in [2.24, 2.45) is 0 Å². The zero-order chi connectivity index (χ0) is 20.7. The number of fused-ring (bicyclic) bond motifs is 1. The highest BCUT2D eigenvalue weighted by Crippen LogP contribution is 2.38. The fourth-order valence-corrected chi connectivity index (χ4v) is 5.75. The molecule has 0 radical (unpaired) electrons. The van der Waals surface area contributed by atoms with Crippen molar-refractivity contribution >= 4 is 33.3 Å². The minimum Gasteiger partial charge on any atom is -0.411 e. The van der Waals surface area contributed by atoms with E-state index in [1.807, 2.05) is 18.2 Å². The molecule has 0 amide bonds. The van der Waals surface area contributed by atoms with Crippen LogP contribution >= 0.6 is 23.1 Å². The van der Waals surface area contributed by atoms with Crippen LogP contribution in [0.4, 0.5) is 0 Å². The first kappa shape index (κ1) is 19.7. The Kier molecular flexibility index (Phi) is 5.30. The molecule has 5 rings (SSSR count). The highest BCUT2D eigenvalue weighted by Gasteiger charge is 2.20. The van der Waals surface area contributed by atoms with Gasteiger partial charge >= 0.3 is 0 Å². The van der Waals surface area contributed by atoms with Crippen molar-refractivity contribution in [2.45, 2.75) is 50.4 Å². The van der Waals surface area contributed by atoms with Crippen LogP contribution < -0.4 is 0 Å². The normalized spacial score (nSPS) is 14.8. The Bertz CT molecular complexity index is 1210. The number of nitrogens with zero attached hydrogens (tertiary/aromatic N) is 5. The average molecular weight is 438 g/mol. The van der Waals surface area contributed by atoms with Gasteiger partial charge in [-0.15, -0.1) is 21.5 Å². The third-order valence-electron chi connectivity index (χ3n) is 5.46. The summed E-state index contributed by atoms with van der Waals surface area (Å²) in [5.74, 6) is 1.40. The molecule has 0 N–H and O–H groups in total. The molecule has 4 heterocycles. The number of aryl methyl sites for hydroxylation is 3. The summed E-state index contributed by atoms with van der Waals surface area (Å²) in [7, 11) is 0. The fraction of sp³-hybridized carbons (Fsp3) is 0.364. The second-order valence-electron chi connectivity index (χ2n) is 7.74. The van der Waals surface area contributed by atoms with E-state index in [1.54, 1.807) is 11.3 Å². The van der Waals surface area contributed by atoms with Crippen molar-refractivity contribution in [2.75, 3.05) is 13.1 Å². The van der Waals surface area contributed by atoms with Crippen molar-refractivity contribution in [1.82, 2.24) is 25.1 Å². The summed E-state index contributed by atoms with van der Waals surface area (Å²) in [5, 5.41) is 11.0. The van der Waals surface area contributed by atoms with E-state index in [-0.39, 0.29) is 0 Å². The van der Waals surface area contributed by atoms with Gasteiger partial charge in [0.25, 0.3) is 5.22 Å². The molecule has 30 heavy (non-hydrogen) atoms. The SMILES string of the molecule is Cc1cccc(-c2nnc(Sc3nc(CN4CCCC4)nc4sc(C)c(C)c34)o2)c1. The van der Waals surface area contributed by atoms with Gasteiger partial charge in [-0.3, -0.25) is 4.90 Å². The van der Waals surface area contributed by atoms with Crippen molar-refractivity contribution in [3.63, 3.8) is 0 Å². The Balaban J connectivity index is 1.49. The summed E-state index contributed by atoms with van der Waals surface area (Å²) in [6.45, 7) is 9.35. The lowest BCUT2D eigenvalue weighted by atomic mass is 10.1. The minimum atomic E-state index is 0.502. The van der Waals surface area contributed by atoms with Gasteiger partial charge in [0, 0.05) is 15.8 Å². The number of likely N-dealkylation sites (tertiary alicyclic amines) is 1. The molecular formula is C22H23N5OS2. The zero-order valence-electron chi connectivity index (χ0n) is 17.3. The van der Waals surface area contributed by atoms with Crippen molar-refractivity contribution < 1.29 is 4.42 Å². The van der Waals surface area contributed by atoms with Gasteiger partial charge in [-0.25, -0.2) is 9.97 Å². The minimum absolute atomic E-state index is 0.502. The predicted octanol–water partition coefficient (Wildman–Crippen LogP) is 5.41. The van der Waals surface area contributed by atoms with E-state index in [1.165, 1.54) is 35.0 Å². The molecular weight excluding hydrogens is 414 g/mol. The van der Waals surface area contributed by atoms with Crippen molar-refractivity contribution in [3.8, 4) is 11.5 Å². The van der Waals surface area contributed by atoms with Crippen LogP contribution in [0.5, 0.6) is 0 Å². The van der Waals surface area contributed by atoms with Crippen LogP contribution in [-0.2, 0) is 6.54 Å². The molecule has 1 fully saturated rings. The smallest absolute Gasteiger partial charge is 0.283 e. The third kappa shape index (κ3) is 3.87. The van der Waals surface area contributed by atoms with Gasteiger partial charge in [0.05, 0.1) is 6.54 Å². The van der Waals surface area contributed by atoms with Crippen LogP contribution in [0.15, 0.2) is 38.9 Å². The van der Waals surface area contributed by atoms with Crippen molar-refractivity contribution in [3.05, 3.63) is 46.1 Å². The van der Waals surface area contributed by atoms with E-state index in [0.29, 0.717) is 11.1 Å². The topological polar surface area (TPSA) is 67.9 Å². The molecule has 8 heteroatoms. The number of hydrogen-bond donors (Lipinski definition) is 0. The maximum Gasteiger partial charge on any atom is 0.283 e. The second kappa shape index (κ2) is 8.09. The Morgan fingerprint density at radius 3 is 2.73 bits per heavy atom. The van der Waals surface area contributed by atoms with E-state index in [9.17, 15) is 0 Å². The number of rotatable bonds is 5. The molecule has 0 spiro atoms. The Labute approximate surface area is 183 Å². The standard InChI is InChI=1S/C22H23N5OS2/c1-13-7-6-8-16(11-13)19-25-26-22(28-19)30-21-18-14(2)15(3)29-20(18)23-17(24-21)12-27-9-4-5-10-27/h6-8,11H,4-5,9-10,12H2,1-3H3. The van der Waals surface area contributed by atoms with Gasteiger partial charge < -0.3 is 4.42 Å². The Hall–Kier alpha value is -2.29. The van der Waals surface area contributed by atoms with E-state index in [2.05, 4.69) is 41.9 Å². The summed E-state index contributed by atoms with van der Waals surface area (Å²) in [5.41, 5.74) is 3.32. The average Bonchev–Trinajstić information content (AvgIpc) is 3.44. The molecule has 4 aromatic rings. The van der Waals surface area contributed by atoms with Crippen molar-refractivity contribution in [1.29, 1.82) is 0 Å². The largest absolute Gasteiger partial charge is 0.411 e. The first-order chi connectivity index (χ1) is 14.6. The highest BCUT2D eigenvalue weighted by molar-refractivity contribution is 7.99. The quantitative estimate of drug-likeness (QED) is 0.387. The Morgan fingerprint density at radius 1 is 1.10 bits per heavy atom. The van der Waals surface area contributed by atoms with Gasteiger partial charge in [0.2, 0.25) is 5.89 Å². The molecule has 0 unspecified atom stereocenters. The number of benzene rings is 1. The van der Waals surface area contributed by atoms with Crippen LogP contribution in [0.2, 0.25) is 0 Å². The summed E-state index contributed by atoms with van der Waals surface area (Å²) in [6, 6.07) is 8.08. The lowest BCUT2D eigenvalue weighted by Gasteiger charge is -2.13. The predicted molar refractivity (Wildman–Crippen MR) is 120 cm³/mol. The summed E-state index contributed by atoms with van der Waals surface area (Å²) in [6.07, 6.45) is 2.51. The lowest BCUT2D eigenvalue weighted by Crippen LogP contribution is -2.20. The van der Waals surface area contributed by atoms with Gasteiger partial charge in [-0.05, 0) is 76.2 Å². The number of thiophene rings is 1. The molecule has 1 aromatic carbocycles. The highest BCUT2D eigenvalue weighted by atomic mass is 32.2. The summed E-state index contributed by atoms with van der Waals surface area (Å²) in [4.78, 5) is 14.5. The van der Waals surface area contributed by atoms with Crippen LogP contribution in [0.25, 0.3) is 21.7 Å². The molecule has 0 saturated carbocycles. The third-order valence-corrected chi connectivity index (χ3v) is 7.39. The fourth-order valence-electron chi connectivity index (χ4n) is 3.77. The van der Waals surface area contributed by atoms with E-state index >= 15 is 0 Å². The van der Waals surface area contributed by atoms with Gasteiger partial charge in [0.1, 0.15) is 15.7 Å². The van der Waals surface area contributed by atoms with Gasteiger partial charge in [-0.2, -0.15) is 0 Å². The first-order valence-electron chi connectivity index (χ1n) is 10.1. The summed E-state index contributed by atoms with van der Waals surface area (Å²) >= 11 is 3.16. The molecule has 1 saturated heterocycles. The molecule has 3 aromatic heterocycles. The molecule has 1 aliphatic heterocycles. The monoisotopic (exact) mass is 437 g/mol. The van der Waals surface area contributed by atoms with Crippen LogP contribution in [0.1, 0.15) is 34.7 Å². The van der Waals surface area contributed by atoms with Crippen LogP contribution in [0.3, 0.4) is 0 Å². The van der Waals surface area contributed by atoms with E-state index < -0.39 is 0 Å². The molecule has 6 nitrogen and oxygen atoms in total.